The minimum atomic E-state index is -1.00. The summed E-state index contributed by atoms with van der Waals surface area (Å²) in [5, 5.41) is 0. The van der Waals surface area contributed by atoms with Gasteiger partial charge in [-0.05, 0) is 41.5 Å². The van der Waals surface area contributed by atoms with Gasteiger partial charge in [-0.3, -0.25) is 0 Å². The second-order valence-corrected chi connectivity index (χ2v) is 6.47. The number of carbonyl (C=O) groups is 2. The molecule has 22 heavy (non-hydrogen) atoms. The maximum absolute atomic E-state index is 12.2. The highest BCUT2D eigenvalue weighted by atomic mass is 16.6. The molecule has 0 spiro atoms. The molecule has 0 saturated carbocycles. The van der Waals surface area contributed by atoms with Gasteiger partial charge in [0, 0.05) is 12.3 Å². The van der Waals surface area contributed by atoms with Crippen molar-refractivity contribution in [2.24, 2.45) is 0 Å². The molecule has 1 aromatic rings. The quantitative estimate of drug-likeness (QED) is 0.853. The number of nitrogens with zero attached hydrogens (tertiary/aromatic N) is 2. The molecule has 2 amide bonds. The number of rotatable bonds is 1. The van der Waals surface area contributed by atoms with Crippen LogP contribution >= 0.6 is 0 Å². The number of ether oxygens (including phenoxy) is 2. The van der Waals surface area contributed by atoms with E-state index in [1.807, 2.05) is 0 Å². The second-order valence-electron chi connectivity index (χ2n) is 6.47. The predicted molar refractivity (Wildman–Crippen MR) is 78.6 cm³/mol. The highest BCUT2D eigenvalue weighted by molar-refractivity contribution is 6.08. The molecule has 0 fully saturated rings. The monoisotopic (exact) mass is 310 g/mol. The van der Waals surface area contributed by atoms with E-state index in [9.17, 15) is 14.4 Å². The van der Waals surface area contributed by atoms with Crippen LogP contribution in [0.25, 0.3) is 0 Å². The number of anilines is 1. The highest BCUT2D eigenvalue weighted by Crippen LogP contribution is 2.18. The third kappa shape index (κ3) is 5.55. The van der Waals surface area contributed by atoms with Gasteiger partial charge in [-0.15, -0.1) is 0 Å². The molecular formula is C14H20N3O5. The summed E-state index contributed by atoms with van der Waals surface area (Å²) in [6, 6.07) is 2.50. The van der Waals surface area contributed by atoms with Crippen molar-refractivity contribution in [3.05, 3.63) is 22.7 Å². The van der Waals surface area contributed by atoms with Crippen molar-refractivity contribution in [2.75, 3.05) is 4.90 Å². The second kappa shape index (κ2) is 6.17. The number of amides is 2. The first-order valence-corrected chi connectivity index (χ1v) is 6.62. The number of nitrogens with one attached hydrogen (secondary N) is 1. The van der Waals surface area contributed by atoms with Gasteiger partial charge in [0.05, 0.1) is 0 Å². The zero-order chi connectivity index (χ0) is 17.1. The number of aromatic nitrogens is 2. The summed E-state index contributed by atoms with van der Waals surface area (Å²) in [4.78, 5) is 42.1. The lowest BCUT2D eigenvalue weighted by atomic mass is 10.2. The molecule has 8 heteroatoms. The summed E-state index contributed by atoms with van der Waals surface area (Å²) in [7, 11) is 0. The van der Waals surface area contributed by atoms with Crippen LogP contribution in [-0.4, -0.2) is 33.4 Å². The summed E-state index contributed by atoms with van der Waals surface area (Å²) in [6.45, 7) is 9.88. The molecule has 0 bridgehead atoms. The lowest BCUT2D eigenvalue weighted by Gasteiger charge is -2.27. The summed E-state index contributed by atoms with van der Waals surface area (Å²) in [6.07, 6.45) is -0.862. The first kappa shape index (κ1) is 17.7. The molecule has 1 N–H and O–H groups in total. The predicted octanol–water partition coefficient (Wildman–Crippen LogP) is 2.25. The van der Waals surface area contributed by atoms with Crippen LogP contribution in [0.3, 0.4) is 0 Å². The normalized spacial score (nSPS) is 11.7. The lowest BCUT2D eigenvalue weighted by Crippen LogP contribution is -2.44. The summed E-state index contributed by atoms with van der Waals surface area (Å²) >= 11 is 0. The van der Waals surface area contributed by atoms with Gasteiger partial charge in [-0.2, -0.15) is 9.88 Å². The molecule has 121 valence electrons. The van der Waals surface area contributed by atoms with E-state index in [1.165, 1.54) is 0 Å². The molecule has 0 saturated heterocycles. The molecule has 0 unspecified atom stereocenters. The van der Waals surface area contributed by atoms with Crippen LogP contribution in [0.4, 0.5) is 15.4 Å². The topological polar surface area (TPSA) is 102 Å². The van der Waals surface area contributed by atoms with Crippen LogP contribution in [-0.2, 0) is 9.47 Å². The van der Waals surface area contributed by atoms with E-state index in [1.54, 1.807) is 41.5 Å². The molecule has 1 rings (SSSR count). The zero-order valence-electron chi connectivity index (χ0n) is 13.5. The van der Waals surface area contributed by atoms with Gasteiger partial charge < -0.3 is 14.5 Å². The molecule has 1 aromatic heterocycles. The Morgan fingerprint density at radius 2 is 1.55 bits per heavy atom. The fourth-order valence-electron chi connectivity index (χ4n) is 1.30. The van der Waals surface area contributed by atoms with E-state index >= 15 is 0 Å². The average Bonchev–Trinajstić information content (AvgIpc) is 2.23. The number of aromatic amines is 1. The van der Waals surface area contributed by atoms with Gasteiger partial charge in [0.2, 0.25) is 0 Å². The van der Waals surface area contributed by atoms with Crippen molar-refractivity contribution in [1.82, 2.24) is 9.97 Å². The van der Waals surface area contributed by atoms with Crippen LogP contribution in [0.1, 0.15) is 41.5 Å². The smallest absolute Gasteiger partial charge is 0.425 e. The number of H-pyrrole nitrogens is 1. The van der Waals surface area contributed by atoms with Gasteiger partial charge >= 0.3 is 17.9 Å². The van der Waals surface area contributed by atoms with Crippen molar-refractivity contribution < 1.29 is 19.1 Å². The van der Waals surface area contributed by atoms with Crippen molar-refractivity contribution >= 4 is 18.0 Å². The number of imide groups is 1. The zero-order valence-corrected chi connectivity index (χ0v) is 13.5. The van der Waals surface area contributed by atoms with E-state index in [0.29, 0.717) is 4.90 Å². The fourth-order valence-corrected chi connectivity index (χ4v) is 1.30. The largest absolute Gasteiger partial charge is 0.443 e. The maximum Gasteiger partial charge on any atom is 0.425 e. The molecule has 0 aliphatic carbocycles. The lowest BCUT2D eigenvalue weighted by molar-refractivity contribution is 0.0429. The number of hydrogen-bond donors (Lipinski definition) is 1. The Balaban J connectivity index is 3.18. The van der Waals surface area contributed by atoms with Crippen LogP contribution < -0.4 is 10.6 Å². The molecule has 1 heterocycles. The first-order valence-electron chi connectivity index (χ1n) is 6.62. The minimum Gasteiger partial charge on any atom is -0.443 e. The minimum absolute atomic E-state index is 0.299. The van der Waals surface area contributed by atoms with Crippen LogP contribution in [0.2, 0.25) is 0 Å². The van der Waals surface area contributed by atoms with Gasteiger partial charge in [0.15, 0.2) is 5.82 Å². The average molecular weight is 310 g/mol. The number of hydrogen-bond acceptors (Lipinski definition) is 6. The molecule has 8 nitrogen and oxygen atoms in total. The van der Waals surface area contributed by atoms with Crippen LogP contribution in [0.15, 0.2) is 11.0 Å². The van der Waals surface area contributed by atoms with Crippen molar-refractivity contribution in [3.8, 4) is 0 Å². The van der Waals surface area contributed by atoms with Crippen LogP contribution in [0, 0.1) is 6.07 Å². The van der Waals surface area contributed by atoms with Crippen molar-refractivity contribution in [2.45, 2.75) is 52.7 Å². The first-order chi connectivity index (χ1) is 9.89. The molecular weight excluding hydrogens is 290 g/mol. The van der Waals surface area contributed by atoms with Crippen molar-refractivity contribution in [3.63, 3.8) is 0 Å². The third-order valence-corrected chi connectivity index (χ3v) is 1.97. The Kier molecular flexibility index (Phi) is 4.95. The Bertz CT molecular complexity index is 582. The summed E-state index contributed by atoms with van der Waals surface area (Å²) in [5.41, 5.74) is -2.40. The Morgan fingerprint density at radius 1 is 1.09 bits per heavy atom. The molecule has 1 radical (unpaired) electrons. The Hall–Kier alpha value is -2.38. The van der Waals surface area contributed by atoms with Crippen molar-refractivity contribution in [1.29, 1.82) is 0 Å². The third-order valence-electron chi connectivity index (χ3n) is 1.97. The standard InChI is InChI=1S/C14H20N3O5/c1-13(2,3)21-11(19)17(12(20)22-14(4,5)6)9-7-8-15-10(18)16-9/h8H,1-6H3,(H,15,16,18). The maximum atomic E-state index is 12.2. The van der Waals surface area contributed by atoms with Gasteiger partial charge in [-0.25, -0.2) is 14.4 Å². The van der Waals surface area contributed by atoms with Gasteiger partial charge in [0.1, 0.15) is 11.2 Å². The highest BCUT2D eigenvalue weighted by Gasteiger charge is 2.33. The Morgan fingerprint density at radius 3 is 1.91 bits per heavy atom. The fraction of sp³-hybridized carbons (Fsp3) is 0.571. The Labute approximate surface area is 128 Å². The molecule has 0 aliphatic rings. The molecule has 0 atom stereocenters. The van der Waals surface area contributed by atoms with Gasteiger partial charge in [-0.1, -0.05) is 0 Å². The number of carbonyl (C=O) groups excluding carboxylic acids is 2. The summed E-state index contributed by atoms with van der Waals surface area (Å²) in [5.74, 6) is -0.299. The molecule has 0 aromatic carbocycles. The van der Waals surface area contributed by atoms with E-state index in [2.05, 4.69) is 16.0 Å². The molecule has 0 aliphatic heterocycles. The van der Waals surface area contributed by atoms with E-state index in [4.69, 9.17) is 9.47 Å². The SMILES string of the molecule is CC(C)(C)OC(=O)N(C(=O)OC(C)(C)C)c1[c]c[nH]c(=O)n1. The van der Waals surface area contributed by atoms with E-state index in [0.717, 1.165) is 6.20 Å². The van der Waals surface area contributed by atoms with E-state index in [-0.39, 0.29) is 5.82 Å². The van der Waals surface area contributed by atoms with Gasteiger partial charge in [0.25, 0.3) is 0 Å². The van der Waals surface area contributed by atoms with E-state index < -0.39 is 29.1 Å². The summed E-state index contributed by atoms with van der Waals surface area (Å²) < 4.78 is 10.3. The van der Waals surface area contributed by atoms with Crippen LogP contribution in [0.5, 0.6) is 0 Å².